The fourth-order valence-corrected chi connectivity index (χ4v) is 2.20. The van der Waals surface area contributed by atoms with Gasteiger partial charge in [0.2, 0.25) is 0 Å². The number of benzene rings is 1. The molecule has 5 nitrogen and oxygen atoms in total. The minimum Gasteiger partial charge on any atom is -0.370 e. The molecule has 0 aliphatic carbocycles. The van der Waals surface area contributed by atoms with Gasteiger partial charge in [0.1, 0.15) is 5.82 Å². The number of nitrogens with zero attached hydrogens (tertiary/aromatic N) is 2. The van der Waals surface area contributed by atoms with Crippen LogP contribution in [0.1, 0.15) is 13.3 Å². The molecule has 110 valence electrons. The van der Waals surface area contributed by atoms with Crippen molar-refractivity contribution in [1.82, 2.24) is 4.98 Å². The SMILES string of the molecule is CCCNc1cc([N+](=O)[O-])cc(-c2cccc(Cl)c2Cl)n1. The number of hydrogen-bond acceptors (Lipinski definition) is 4. The standard InChI is InChI=1S/C14H13Cl2N3O2/c1-2-6-17-13-8-9(19(20)21)7-12(18-13)10-4-3-5-11(15)14(10)16/h3-5,7-8H,2,6H2,1H3,(H,17,18). The summed E-state index contributed by atoms with van der Waals surface area (Å²) in [7, 11) is 0. The minimum absolute atomic E-state index is 0.0466. The zero-order valence-electron chi connectivity index (χ0n) is 11.3. The second-order valence-electron chi connectivity index (χ2n) is 4.38. The second kappa shape index (κ2) is 6.74. The molecule has 0 amide bonds. The van der Waals surface area contributed by atoms with E-state index in [1.807, 2.05) is 6.92 Å². The van der Waals surface area contributed by atoms with Gasteiger partial charge in [0, 0.05) is 18.2 Å². The minimum atomic E-state index is -0.458. The molecule has 2 rings (SSSR count). The first-order valence-electron chi connectivity index (χ1n) is 6.37. The van der Waals surface area contributed by atoms with E-state index in [2.05, 4.69) is 10.3 Å². The summed E-state index contributed by atoms with van der Waals surface area (Å²) in [5, 5.41) is 14.8. The van der Waals surface area contributed by atoms with E-state index in [0.717, 1.165) is 6.42 Å². The van der Waals surface area contributed by atoms with Gasteiger partial charge < -0.3 is 5.32 Å². The Morgan fingerprint density at radius 1 is 1.33 bits per heavy atom. The maximum absolute atomic E-state index is 11.1. The van der Waals surface area contributed by atoms with E-state index in [4.69, 9.17) is 23.2 Å². The molecule has 0 bridgehead atoms. The van der Waals surface area contributed by atoms with Crippen LogP contribution in [-0.2, 0) is 0 Å². The number of hydrogen-bond donors (Lipinski definition) is 1. The first-order valence-corrected chi connectivity index (χ1v) is 7.13. The molecular formula is C14H13Cl2N3O2. The van der Waals surface area contributed by atoms with Crippen LogP contribution in [0.2, 0.25) is 10.0 Å². The van der Waals surface area contributed by atoms with Crippen molar-refractivity contribution in [1.29, 1.82) is 0 Å². The van der Waals surface area contributed by atoms with Gasteiger partial charge in [-0.15, -0.1) is 0 Å². The van der Waals surface area contributed by atoms with Crippen molar-refractivity contribution >= 4 is 34.7 Å². The van der Waals surface area contributed by atoms with Gasteiger partial charge in [-0.25, -0.2) is 4.98 Å². The van der Waals surface area contributed by atoms with E-state index < -0.39 is 4.92 Å². The summed E-state index contributed by atoms with van der Waals surface area (Å²) in [6.45, 7) is 2.68. The lowest BCUT2D eigenvalue weighted by atomic mass is 10.1. The van der Waals surface area contributed by atoms with Gasteiger partial charge >= 0.3 is 0 Å². The highest BCUT2D eigenvalue weighted by Gasteiger charge is 2.15. The molecule has 0 radical (unpaired) electrons. The molecule has 1 aromatic heterocycles. The normalized spacial score (nSPS) is 10.4. The van der Waals surface area contributed by atoms with Crippen molar-refractivity contribution in [2.24, 2.45) is 0 Å². The van der Waals surface area contributed by atoms with Gasteiger partial charge in [-0.2, -0.15) is 0 Å². The molecule has 1 aromatic carbocycles. The molecule has 0 spiro atoms. The summed E-state index contributed by atoms with van der Waals surface area (Å²) < 4.78 is 0. The Morgan fingerprint density at radius 3 is 2.76 bits per heavy atom. The number of pyridine rings is 1. The van der Waals surface area contributed by atoms with Gasteiger partial charge in [-0.1, -0.05) is 42.3 Å². The van der Waals surface area contributed by atoms with Crippen LogP contribution in [0, 0.1) is 10.1 Å². The fourth-order valence-electron chi connectivity index (χ4n) is 1.80. The van der Waals surface area contributed by atoms with Gasteiger partial charge in [-0.3, -0.25) is 10.1 Å². The topological polar surface area (TPSA) is 68.1 Å². The highest BCUT2D eigenvalue weighted by molar-refractivity contribution is 6.43. The van der Waals surface area contributed by atoms with Gasteiger partial charge in [0.15, 0.2) is 0 Å². The van der Waals surface area contributed by atoms with Crippen molar-refractivity contribution in [3.8, 4) is 11.3 Å². The lowest BCUT2D eigenvalue weighted by Gasteiger charge is -2.09. The Morgan fingerprint density at radius 2 is 2.10 bits per heavy atom. The van der Waals surface area contributed by atoms with E-state index >= 15 is 0 Å². The number of halogens is 2. The Labute approximate surface area is 132 Å². The quantitative estimate of drug-likeness (QED) is 0.634. The summed E-state index contributed by atoms with van der Waals surface area (Å²) in [5.74, 6) is 0.442. The third-order valence-corrected chi connectivity index (χ3v) is 3.62. The molecule has 1 N–H and O–H groups in total. The van der Waals surface area contributed by atoms with Crippen LogP contribution >= 0.6 is 23.2 Å². The first-order chi connectivity index (χ1) is 10.0. The molecule has 0 aliphatic rings. The average molecular weight is 326 g/mol. The zero-order valence-corrected chi connectivity index (χ0v) is 12.8. The molecule has 7 heteroatoms. The molecule has 21 heavy (non-hydrogen) atoms. The number of rotatable bonds is 5. The molecular weight excluding hydrogens is 313 g/mol. The highest BCUT2D eigenvalue weighted by Crippen LogP contribution is 2.34. The average Bonchev–Trinajstić information content (AvgIpc) is 2.47. The molecule has 2 aromatic rings. The lowest BCUT2D eigenvalue weighted by Crippen LogP contribution is -2.03. The van der Waals surface area contributed by atoms with E-state index in [-0.39, 0.29) is 5.69 Å². The van der Waals surface area contributed by atoms with Crippen LogP contribution in [-0.4, -0.2) is 16.5 Å². The van der Waals surface area contributed by atoms with Crippen molar-refractivity contribution in [2.45, 2.75) is 13.3 Å². The lowest BCUT2D eigenvalue weighted by molar-refractivity contribution is -0.384. The van der Waals surface area contributed by atoms with Crippen molar-refractivity contribution in [3.05, 3.63) is 50.5 Å². The molecule has 0 fully saturated rings. The van der Waals surface area contributed by atoms with Crippen molar-refractivity contribution < 1.29 is 4.92 Å². The monoisotopic (exact) mass is 325 g/mol. The summed E-state index contributed by atoms with van der Waals surface area (Å²) >= 11 is 12.1. The summed E-state index contributed by atoms with van der Waals surface area (Å²) in [4.78, 5) is 15.0. The Kier molecular flexibility index (Phi) is 4.98. The number of nitro groups is 1. The summed E-state index contributed by atoms with van der Waals surface area (Å²) in [6, 6.07) is 7.89. The molecule has 0 saturated carbocycles. The predicted octanol–water partition coefficient (Wildman–Crippen LogP) is 4.79. The van der Waals surface area contributed by atoms with Gasteiger partial charge in [-0.05, 0) is 12.5 Å². The molecule has 0 saturated heterocycles. The van der Waals surface area contributed by atoms with E-state index in [0.29, 0.717) is 33.7 Å². The van der Waals surface area contributed by atoms with E-state index in [1.54, 1.807) is 18.2 Å². The van der Waals surface area contributed by atoms with Gasteiger partial charge in [0.25, 0.3) is 5.69 Å². The number of anilines is 1. The first kappa shape index (κ1) is 15.5. The largest absolute Gasteiger partial charge is 0.370 e. The maximum atomic E-state index is 11.1. The van der Waals surface area contributed by atoms with Crippen LogP contribution < -0.4 is 5.32 Å². The molecule has 0 atom stereocenters. The van der Waals surface area contributed by atoms with Crippen LogP contribution in [0.4, 0.5) is 11.5 Å². The van der Waals surface area contributed by atoms with E-state index in [9.17, 15) is 10.1 Å². The summed E-state index contributed by atoms with van der Waals surface area (Å²) in [6.07, 6.45) is 0.887. The predicted molar refractivity (Wildman–Crippen MR) is 85.1 cm³/mol. The van der Waals surface area contributed by atoms with Crippen LogP contribution in [0.15, 0.2) is 30.3 Å². The third-order valence-electron chi connectivity index (χ3n) is 2.80. The summed E-state index contributed by atoms with van der Waals surface area (Å²) in [5.41, 5.74) is 0.928. The van der Waals surface area contributed by atoms with Crippen LogP contribution in [0.5, 0.6) is 0 Å². The van der Waals surface area contributed by atoms with Gasteiger partial charge in [0.05, 0.1) is 26.7 Å². The smallest absolute Gasteiger partial charge is 0.275 e. The number of aromatic nitrogens is 1. The highest BCUT2D eigenvalue weighted by atomic mass is 35.5. The maximum Gasteiger partial charge on any atom is 0.275 e. The van der Waals surface area contributed by atoms with Crippen LogP contribution in [0.3, 0.4) is 0 Å². The number of nitrogens with one attached hydrogen (secondary N) is 1. The van der Waals surface area contributed by atoms with Crippen LogP contribution in [0.25, 0.3) is 11.3 Å². The van der Waals surface area contributed by atoms with Crippen molar-refractivity contribution in [3.63, 3.8) is 0 Å². The Hall–Kier alpha value is -1.85. The molecule has 0 unspecified atom stereocenters. The Balaban J connectivity index is 2.54. The Bertz CT molecular complexity index is 677. The molecule has 0 aliphatic heterocycles. The molecule has 1 heterocycles. The third kappa shape index (κ3) is 3.62. The van der Waals surface area contributed by atoms with Crippen molar-refractivity contribution in [2.75, 3.05) is 11.9 Å². The zero-order chi connectivity index (χ0) is 15.4. The van der Waals surface area contributed by atoms with E-state index in [1.165, 1.54) is 12.1 Å². The second-order valence-corrected chi connectivity index (χ2v) is 5.17. The fraction of sp³-hybridized carbons (Fsp3) is 0.214.